The molecule has 2 aliphatic rings. The van der Waals surface area contributed by atoms with Gasteiger partial charge >= 0.3 is 5.97 Å². The van der Waals surface area contributed by atoms with Crippen LogP contribution in [-0.4, -0.2) is 31.2 Å². The average Bonchev–Trinajstić information content (AvgIpc) is 3.15. The van der Waals surface area contributed by atoms with Crippen molar-refractivity contribution in [3.05, 3.63) is 64.7 Å². The van der Waals surface area contributed by atoms with Crippen LogP contribution in [0.3, 0.4) is 0 Å². The lowest BCUT2D eigenvalue weighted by atomic mass is 9.91. The van der Waals surface area contributed by atoms with Gasteiger partial charge in [0, 0.05) is 17.8 Å². The zero-order valence-electron chi connectivity index (χ0n) is 14.3. The molecule has 6 heteroatoms. The van der Waals surface area contributed by atoms with E-state index < -0.39 is 28.9 Å². The second kappa shape index (κ2) is 5.55. The van der Waals surface area contributed by atoms with E-state index in [1.807, 2.05) is 0 Å². The topological polar surface area (TPSA) is 46.6 Å². The quantitative estimate of drug-likeness (QED) is 0.772. The van der Waals surface area contributed by atoms with Crippen LogP contribution in [0.15, 0.2) is 48.5 Å². The second-order valence-electron chi connectivity index (χ2n) is 6.61. The van der Waals surface area contributed by atoms with Crippen LogP contribution in [0.25, 0.3) is 0 Å². The van der Waals surface area contributed by atoms with Crippen molar-refractivity contribution in [3.63, 3.8) is 0 Å². The lowest BCUT2D eigenvalue weighted by Crippen LogP contribution is -2.38. The fourth-order valence-electron chi connectivity index (χ4n) is 4.31. The summed E-state index contributed by atoms with van der Waals surface area (Å²) in [6.07, 6.45) is 0. The first kappa shape index (κ1) is 17.0. The molecule has 134 valence electrons. The molecule has 1 fully saturated rings. The number of alkyl halides is 1. The first-order valence-corrected chi connectivity index (χ1v) is 8.77. The van der Waals surface area contributed by atoms with E-state index >= 15 is 4.39 Å². The molecule has 2 aromatic carbocycles. The maximum atomic E-state index is 16.2. The molecule has 0 aromatic heterocycles. The predicted molar refractivity (Wildman–Crippen MR) is 96.2 cm³/mol. The van der Waals surface area contributed by atoms with Crippen molar-refractivity contribution >= 4 is 29.2 Å². The Balaban J connectivity index is 1.94. The number of amides is 1. The van der Waals surface area contributed by atoms with Gasteiger partial charge in [-0.05, 0) is 36.2 Å². The minimum atomic E-state index is -2.45. The summed E-state index contributed by atoms with van der Waals surface area (Å²) in [4.78, 5) is 27.2. The van der Waals surface area contributed by atoms with Crippen LogP contribution in [0.5, 0.6) is 0 Å². The largest absolute Gasteiger partial charge is 0.464 e. The highest BCUT2D eigenvalue weighted by Gasteiger charge is 2.90. The van der Waals surface area contributed by atoms with Crippen molar-refractivity contribution in [2.45, 2.75) is 23.9 Å². The molecular formula is C20H17ClFNO3. The monoisotopic (exact) mass is 373 g/mol. The molecule has 3 unspecified atom stereocenters. The lowest BCUT2D eigenvalue weighted by molar-refractivity contribution is -0.153. The molecule has 1 saturated carbocycles. The molecule has 4 rings (SSSR count). The van der Waals surface area contributed by atoms with Gasteiger partial charge in [-0.2, -0.15) is 0 Å². The van der Waals surface area contributed by atoms with E-state index in [0.717, 1.165) is 0 Å². The van der Waals surface area contributed by atoms with Gasteiger partial charge in [-0.15, -0.1) is 0 Å². The van der Waals surface area contributed by atoms with Crippen LogP contribution in [0, 0.1) is 0 Å². The Labute approximate surface area is 155 Å². The summed E-state index contributed by atoms with van der Waals surface area (Å²) in [6.45, 7) is 1.66. The number of rotatable bonds is 3. The van der Waals surface area contributed by atoms with E-state index in [1.54, 1.807) is 62.5 Å². The molecule has 0 radical (unpaired) electrons. The average molecular weight is 374 g/mol. The molecule has 1 aliphatic carbocycles. The third kappa shape index (κ3) is 1.84. The van der Waals surface area contributed by atoms with Gasteiger partial charge in [0.05, 0.1) is 12.5 Å². The Hall–Kier alpha value is -2.40. The van der Waals surface area contributed by atoms with Crippen molar-refractivity contribution in [2.75, 3.05) is 18.6 Å². The molecule has 1 aliphatic heterocycles. The number of carbonyl (C=O) groups is 2. The number of hydrogen-bond acceptors (Lipinski definition) is 3. The lowest BCUT2D eigenvalue weighted by Gasteiger charge is -2.13. The summed E-state index contributed by atoms with van der Waals surface area (Å²) < 4.78 is 21.3. The molecule has 4 nitrogen and oxygen atoms in total. The Kier molecular flexibility index (Phi) is 3.63. The zero-order chi connectivity index (χ0) is 18.7. The second-order valence-corrected chi connectivity index (χ2v) is 7.04. The van der Waals surface area contributed by atoms with E-state index in [9.17, 15) is 9.59 Å². The van der Waals surface area contributed by atoms with Gasteiger partial charge < -0.3 is 9.64 Å². The first-order valence-electron chi connectivity index (χ1n) is 8.40. The molecule has 3 atom stereocenters. The predicted octanol–water partition coefficient (Wildman–Crippen LogP) is 3.62. The minimum absolute atomic E-state index is 0.0413. The van der Waals surface area contributed by atoms with Crippen LogP contribution >= 0.6 is 11.6 Å². The van der Waals surface area contributed by atoms with Crippen molar-refractivity contribution in [1.82, 2.24) is 0 Å². The summed E-state index contributed by atoms with van der Waals surface area (Å²) in [5.41, 5.74) is -2.38. The minimum Gasteiger partial charge on any atom is -0.464 e. The van der Waals surface area contributed by atoms with Crippen molar-refractivity contribution in [1.29, 1.82) is 0 Å². The molecule has 1 amide bonds. The molecule has 0 bridgehead atoms. The van der Waals surface area contributed by atoms with Crippen LogP contribution < -0.4 is 4.90 Å². The number of esters is 1. The summed E-state index contributed by atoms with van der Waals surface area (Å²) >= 11 is 5.94. The Morgan fingerprint density at radius 3 is 2.54 bits per heavy atom. The fourth-order valence-corrected chi connectivity index (χ4v) is 4.43. The highest BCUT2D eigenvalue weighted by molar-refractivity contribution is 6.30. The van der Waals surface area contributed by atoms with E-state index in [0.29, 0.717) is 21.8 Å². The van der Waals surface area contributed by atoms with E-state index in [4.69, 9.17) is 16.3 Å². The maximum Gasteiger partial charge on any atom is 0.346 e. The molecule has 1 spiro atoms. The molecule has 0 N–H and O–H groups in total. The third-order valence-electron chi connectivity index (χ3n) is 5.43. The van der Waals surface area contributed by atoms with E-state index in [-0.39, 0.29) is 6.61 Å². The SMILES string of the molecule is CCOC(=O)C1(F)C(c2ccc(Cl)cc2)C12C(=O)N(C)c1ccccc12. The number of ether oxygens (including phenoxy) is 1. The standard InChI is InChI=1S/C20H17ClFNO3/c1-3-26-18(25)20(22)16(12-8-10-13(21)11-9-12)19(20)14-6-4-5-7-15(14)23(2)17(19)24/h4-11,16H,3H2,1-2H3. The fraction of sp³-hybridized carbons (Fsp3) is 0.300. The van der Waals surface area contributed by atoms with Crippen molar-refractivity contribution in [3.8, 4) is 0 Å². The van der Waals surface area contributed by atoms with Crippen LogP contribution in [0.4, 0.5) is 10.1 Å². The number of carbonyl (C=O) groups excluding carboxylic acids is 2. The maximum absolute atomic E-state index is 16.2. The number of halogens is 2. The number of hydrogen-bond donors (Lipinski definition) is 0. The van der Waals surface area contributed by atoms with Gasteiger partial charge in [0.2, 0.25) is 11.6 Å². The molecule has 2 aromatic rings. The number of nitrogens with zero attached hydrogens (tertiary/aromatic N) is 1. The Morgan fingerprint density at radius 1 is 1.23 bits per heavy atom. The van der Waals surface area contributed by atoms with Crippen molar-refractivity contribution in [2.24, 2.45) is 0 Å². The van der Waals surface area contributed by atoms with Crippen LogP contribution in [-0.2, 0) is 19.7 Å². The molecule has 1 heterocycles. The molecule has 0 saturated heterocycles. The number of para-hydroxylation sites is 1. The Morgan fingerprint density at radius 2 is 1.88 bits per heavy atom. The summed E-state index contributed by atoms with van der Waals surface area (Å²) in [5.74, 6) is -2.39. The normalized spacial score (nSPS) is 29.0. The molecular weight excluding hydrogens is 357 g/mol. The zero-order valence-corrected chi connectivity index (χ0v) is 15.1. The summed E-state index contributed by atoms with van der Waals surface area (Å²) in [5, 5.41) is 0.499. The first-order chi connectivity index (χ1) is 12.4. The van der Waals surface area contributed by atoms with Crippen molar-refractivity contribution < 1.29 is 18.7 Å². The van der Waals surface area contributed by atoms with Gasteiger partial charge in [-0.3, -0.25) is 4.79 Å². The summed E-state index contributed by atoms with van der Waals surface area (Å²) in [7, 11) is 1.60. The van der Waals surface area contributed by atoms with Gasteiger partial charge in [0.25, 0.3) is 0 Å². The van der Waals surface area contributed by atoms with Gasteiger partial charge in [0.1, 0.15) is 5.41 Å². The number of benzene rings is 2. The smallest absolute Gasteiger partial charge is 0.346 e. The van der Waals surface area contributed by atoms with Gasteiger partial charge in [-0.1, -0.05) is 41.9 Å². The highest BCUT2D eigenvalue weighted by atomic mass is 35.5. The van der Waals surface area contributed by atoms with Crippen LogP contribution in [0.2, 0.25) is 5.02 Å². The highest BCUT2D eigenvalue weighted by Crippen LogP contribution is 2.75. The van der Waals surface area contributed by atoms with Crippen LogP contribution in [0.1, 0.15) is 24.0 Å². The van der Waals surface area contributed by atoms with Gasteiger partial charge in [-0.25, -0.2) is 9.18 Å². The Bertz CT molecular complexity index is 916. The van der Waals surface area contributed by atoms with Gasteiger partial charge in [0.15, 0.2) is 0 Å². The molecule has 26 heavy (non-hydrogen) atoms. The van der Waals surface area contributed by atoms with E-state index in [2.05, 4.69) is 0 Å². The van der Waals surface area contributed by atoms with E-state index in [1.165, 1.54) is 4.90 Å². The number of fused-ring (bicyclic) bond motifs is 2. The number of anilines is 1. The third-order valence-corrected chi connectivity index (χ3v) is 5.68. The number of likely N-dealkylation sites (N-methyl/N-ethyl adjacent to an activating group) is 1. The summed E-state index contributed by atoms with van der Waals surface area (Å²) in [6, 6.07) is 13.6.